The van der Waals surface area contributed by atoms with Gasteiger partial charge in [-0.25, -0.2) is 0 Å². The minimum atomic E-state index is 0. The summed E-state index contributed by atoms with van der Waals surface area (Å²) in [6.07, 6.45) is 1.25. The molecule has 1 saturated carbocycles. The lowest BCUT2D eigenvalue weighted by atomic mass is 10.2. The Morgan fingerprint density at radius 3 is 2.75 bits per heavy atom. The molecule has 6 heteroatoms. The van der Waals surface area contributed by atoms with Crippen LogP contribution in [0.5, 0.6) is 5.75 Å². The maximum atomic E-state index is 5.40. The fourth-order valence-electron chi connectivity index (χ4n) is 2.29. The average Bonchev–Trinajstić information content (AvgIpc) is 3.26. The number of aliphatic imine (C=N–C) groups is 1. The van der Waals surface area contributed by atoms with Crippen molar-refractivity contribution < 1.29 is 4.74 Å². The van der Waals surface area contributed by atoms with E-state index in [0.29, 0.717) is 12.0 Å². The summed E-state index contributed by atoms with van der Waals surface area (Å²) < 4.78 is 5.40. The van der Waals surface area contributed by atoms with E-state index in [1.54, 1.807) is 7.11 Å². The first-order valence-corrected chi connectivity index (χ1v) is 9.43. The Bertz CT molecular complexity index is 527. The number of guanidine groups is 1. The average molecular weight is 463 g/mol. The van der Waals surface area contributed by atoms with Gasteiger partial charge < -0.3 is 15.4 Å². The maximum Gasteiger partial charge on any atom is 0.191 e. The highest BCUT2D eigenvalue weighted by atomic mass is 127. The third-order valence-corrected chi connectivity index (χ3v) is 5.31. The molecule has 1 aliphatic carbocycles. The molecule has 4 nitrogen and oxygen atoms in total. The molecule has 0 radical (unpaired) electrons. The van der Waals surface area contributed by atoms with E-state index in [0.717, 1.165) is 36.5 Å². The standard InChI is InChI=1S/C18H29N3OS.HI/c1-5-19-18(21-15-10-14(15)3)20-11-13(2)12-23-17-9-7-6-8-16(17)22-4;/h6-9,13-15H,5,10-12H2,1-4H3,(H2,19,20,21);1H. The lowest BCUT2D eigenvalue weighted by Crippen LogP contribution is -2.39. The maximum absolute atomic E-state index is 5.40. The van der Waals surface area contributed by atoms with Crippen LogP contribution >= 0.6 is 35.7 Å². The number of nitrogens with one attached hydrogen (secondary N) is 2. The van der Waals surface area contributed by atoms with E-state index in [-0.39, 0.29) is 24.0 Å². The highest BCUT2D eigenvalue weighted by Gasteiger charge is 2.33. The number of ether oxygens (including phenoxy) is 1. The number of rotatable bonds is 8. The van der Waals surface area contributed by atoms with Crippen LogP contribution in [0.4, 0.5) is 0 Å². The highest BCUT2D eigenvalue weighted by Crippen LogP contribution is 2.30. The van der Waals surface area contributed by atoms with Crippen molar-refractivity contribution in [2.24, 2.45) is 16.8 Å². The van der Waals surface area contributed by atoms with Crippen molar-refractivity contribution in [3.05, 3.63) is 24.3 Å². The second kappa shape index (κ2) is 11.1. The van der Waals surface area contributed by atoms with E-state index in [1.807, 2.05) is 23.9 Å². The third-order valence-electron chi connectivity index (χ3n) is 3.93. The summed E-state index contributed by atoms with van der Waals surface area (Å²) in [6, 6.07) is 8.78. The molecule has 0 amide bonds. The molecule has 2 rings (SSSR count). The zero-order valence-corrected chi connectivity index (χ0v) is 18.2. The van der Waals surface area contributed by atoms with E-state index in [9.17, 15) is 0 Å². The molecule has 3 atom stereocenters. The number of methoxy groups -OCH3 is 1. The highest BCUT2D eigenvalue weighted by molar-refractivity contribution is 14.0. The predicted molar refractivity (Wildman–Crippen MR) is 115 cm³/mol. The van der Waals surface area contributed by atoms with E-state index in [1.165, 1.54) is 11.3 Å². The summed E-state index contributed by atoms with van der Waals surface area (Å²) in [4.78, 5) is 5.93. The lowest BCUT2D eigenvalue weighted by Gasteiger charge is -2.14. The van der Waals surface area contributed by atoms with Gasteiger partial charge >= 0.3 is 0 Å². The summed E-state index contributed by atoms with van der Waals surface area (Å²) >= 11 is 1.84. The van der Waals surface area contributed by atoms with Crippen LogP contribution in [0, 0.1) is 11.8 Å². The second-order valence-electron chi connectivity index (χ2n) is 6.25. The fraction of sp³-hybridized carbons (Fsp3) is 0.611. The van der Waals surface area contributed by atoms with Crippen molar-refractivity contribution >= 4 is 41.7 Å². The van der Waals surface area contributed by atoms with Crippen LogP contribution in [0.1, 0.15) is 27.2 Å². The number of halogens is 1. The van der Waals surface area contributed by atoms with Gasteiger partial charge in [-0.05, 0) is 37.3 Å². The molecule has 136 valence electrons. The Morgan fingerprint density at radius 2 is 2.12 bits per heavy atom. The van der Waals surface area contributed by atoms with Crippen molar-refractivity contribution in [1.82, 2.24) is 10.6 Å². The van der Waals surface area contributed by atoms with Crippen LogP contribution in [0.25, 0.3) is 0 Å². The number of thioether (sulfide) groups is 1. The monoisotopic (exact) mass is 463 g/mol. The van der Waals surface area contributed by atoms with Crippen LogP contribution < -0.4 is 15.4 Å². The van der Waals surface area contributed by atoms with Crippen molar-refractivity contribution in [2.45, 2.75) is 38.1 Å². The molecule has 3 unspecified atom stereocenters. The third kappa shape index (κ3) is 7.09. The lowest BCUT2D eigenvalue weighted by molar-refractivity contribution is 0.405. The number of benzene rings is 1. The zero-order valence-electron chi connectivity index (χ0n) is 15.0. The molecule has 0 saturated heterocycles. The van der Waals surface area contributed by atoms with Crippen LogP contribution in [-0.2, 0) is 0 Å². The number of para-hydroxylation sites is 1. The summed E-state index contributed by atoms with van der Waals surface area (Å²) in [6.45, 7) is 8.35. The van der Waals surface area contributed by atoms with Crippen LogP contribution in [0.3, 0.4) is 0 Å². The van der Waals surface area contributed by atoms with Gasteiger partial charge in [0.2, 0.25) is 0 Å². The number of hydrogen-bond acceptors (Lipinski definition) is 3. The minimum Gasteiger partial charge on any atom is -0.496 e. The Kier molecular flexibility index (Phi) is 9.88. The molecule has 1 fully saturated rings. The molecule has 0 aromatic heterocycles. The van der Waals surface area contributed by atoms with Crippen molar-refractivity contribution in [2.75, 3.05) is 26.0 Å². The van der Waals surface area contributed by atoms with Crippen molar-refractivity contribution in [3.63, 3.8) is 0 Å². The molecule has 0 spiro atoms. The second-order valence-corrected chi connectivity index (χ2v) is 7.31. The summed E-state index contributed by atoms with van der Waals surface area (Å²) in [7, 11) is 1.72. The van der Waals surface area contributed by atoms with E-state index >= 15 is 0 Å². The topological polar surface area (TPSA) is 45.7 Å². The quantitative estimate of drug-likeness (QED) is 0.265. The van der Waals surface area contributed by atoms with Gasteiger partial charge in [-0.2, -0.15) is 0 Å². The van der Waals surface area contributed by atoms with E-state index in [2.05, 4.69) is 43.5 Å². The fourth-order valence-corrected chi connectivity index (χ4v) is 3.33. The molecular weight excluding hydrogens is 433 g/mol. The summed E-state index contributed by atoms with van der Waals surface area (Å²) in [5.74, 6) is 4.22. The van der Waals surface area contributed by atoms with Gasteiger partial charge in [-0.1, -0.05) is 26.0 Å². The smallest absolute Gasteiger partial charge is 0.191 e. The Balaban J connectivity index is 0.00000288. The molecular formula is C18H30IN3OS. The van der Waals surface area contributed by atoms with Gasteiger partial charge in [0, 0.05) is 29.8 Å². The Labute approximate surface area is 167 Å². The Hall–Kier alpha value is -0.630. The normalized spacial score (nSPS) is 20.8. The molecule has 1 aliphatic rings. The number of nitrogens with zero attached hydrogens (tertiary/aromatic N) is 1. The zero-order chi connectivity index (χ0) is 16.7. The van der Waals surface area contributed by atoms with Crippen LogP contribution in [0.2, 0.25) is 0 Å². The van der Waals surface area contributed by atoms with Gasteiger partial charge in [0.15, 0.2) is 5.96 Å². The van der Waals surface area contributed by atoms with Gasteiger partial charge in [0.05, 0.1) is 7.11 Å². The molecule has 1 aromatic carbocycles. The van der Waals surface area contributed by atoms with Crippen molar-refractivity contribution in [3.8, 4) is 5.75 Å². The van der Waals surface area contributed by atoms with Gasteiger partial charge in [0.25, 0.3) is 0 Å². The molecule has 0 heterocycles. The Morgan fingerprint density at radius 1 is 1.42 bits per heavy atom. The van der Waals surface area contributed by atoms with Gasteiger partial charge in [-0.3, -0.25) is 4.99 Å². The first kappa shape index (κ1) is 21.4. The SMILES string of the molecule is CCNC(=NCC(C)CSc1ccccc1OC)NC1CC1C.I. The van der Waals surface area contributed by atoms with E-state index < -0.39 is 0 Å². The first-order valence-electron chi connectivity index (χ1n) is 8.44. The molecule has 1 aromatic rings. The van der Waals surface area contributed by atoms with Gasteiger partial charge in [0.1, 0.15) is 5.75 Å². The number of hydrogen-bond donors (Lipinski definition) is 2. The first-order chi connectivity index (χ1) is 11.1. The van der Waals surface area contributed by atoms with Crippen molar-refractivity contribution in [1.29, 1.82) is 0 Å². The van der Waals surface area contributed by atoms with E-state index in [4.69, 9.17) is 9.73 Å². The molecule has 2 N–H and O–H groups in total. The molecule has 0 aliphatic heterocycles. The van der Waals surface area contributed by atoms with Gasteiger partial charge in [-0.15, -0.1) is 35.7 Å². The molecule has 24 heavy (non-hydrogen) atoms. The minimum absolute atomic E-state index is 0. The van der Waals surface area contributed by atoms with Crippen LogP contribution in [-0.4, -0.2) is 38.0 Å². The predicted octanol–water partition coefficient (Wildman–Crippen LogP) is 4.00. The largest absolute Gasteiger partial charge is 0.496 e. The summed E-state index contributed by atoms with van der Waals surface area (Å²) in [5, 5.41) is 6.84. The summed E-state index contributed by atoms with van der Waals surface area (Å²) in [5.41, 5.74) is 0. The molecule has 0 bridgehead atoms. The van der Waals surface area contributed by atoms with Crippen LogP contribution in [0.15, 0.2) is 34.2 Å².